The third-order valence-electron chi connectivity index (χ3n) is 4.15. The van der Waals surface area contributed by atoms with E-state index in [1.54, 1.807) is 6.08 Å². The summed E-state index contributed by atoms with van der Waals surface area (Å²) >= 11 is 3.49. The minimum Gasteiger partial charge on any atom is -0.337 e. The van der Waals surface area contributed by atoms with Crippen LogP contribution in [0.1, 0.15) is 11.1 Å². The van der Waals surface area contributed by atoms with E-state index in [1.165, 1.54) is 5.56 Å². The summed E-state index contributed by atoms with van der Waals surface area (Å²) in [6.07, 6.45) is 7.18. The number of amides is 1. The van der Waals surface area contributed by atoms with Gasteiger partial charge in [0, 0.05) is 55.7 Å². The number of hydrogen-bond donors (Lipinski definition) is 0. The molecule has 0 atom stereocenters. The van der Waals surface area contributed by atoms with Crippen LogP contribution >= 0.6 is 15.9 Å². The summed E-state index contributed by atoms with van der Waals surface area (Å²) < 4.78 is 0.997. The van der Waals surface area contributed by atoms with E-state index in [4.69, 9.17) is 0 Å². The summed E-state index contributed by atoms with van der Waals surface area (Å²) in [6, 6.07) is 12.0. The number of carbonyl (C=O) groups excluding carboxylic acids is 1. The Hall–Kier alpha value is -1.98. The maximum atomic E-state index is 12.3. The average molecular weight is 386 g/mol. The molecular weight excluding hydrogens is 366 g/mol. The van der Waals surface area contributed by atoms with Gasteiger partial charge in [0.2, 0.25) is 5.91 Å². The number of hydrogen-bond acceptors (Lipinski definition) is 3. The Morgan fingerprint density at radius 3 is 2.50 bits per heavy atom. The molecule has 2 aromatic rings. The molecule has 1 saturated heterocycles. The van der Waals surface area contributed by atoms with Crippen molar-refractivity contribution in [3.05, 3.63) is 70.5 Å². The Morgan fingerprint density at radius 2 is 1.79 bits per heavy atom. The number of carbonyl (C=O) groups is 1. The topological polar surface area (TPSA) is 36.4 Å². The summed E-state index contributed by atoms with van der Waals surface area (Å²) in [5, 5.41) is 0. The molecule has 124 valence electrons. The highest BCUT2D eigenvalue weighted by atomic mass is 79.9. The van der Waals surface area contributed by atoms with Crippen molar-refractivity contribution in [1.29, 1.82) is 0 Å². The van der Waals surface area contributed by atoms with E-state index in [1.807, 2.05) is 59.8 Å². The number of halogens is 1. The maximum Gasteiger partial charge on any atom is 0.246 e. The zero-order chi connectivity index (χ0) is 16.8. The van der Waals surface area contributed by atoms with E-state index in [-0.39, 0.29) is 5.91 Å². The molecule has 3 rings (SSSR count). The molecule has 0 aliphatic carbocycles. The van der Waals surface area contributed by atoms with Crippen molar-refractivity contribution in [3.63, 3.8) is 0 Å². The highest BCUT2D eigenvalue weighted by molar-refractivity contribution is 9.10. The zero-order valence-electron chi connectivity index (χ0n) is 13.4. The number of rotatable bonds is 4. The van der Waals surface area contributed by atoms with Gasteiger partial charge >= 0.3 is 0 Å². The Balaban J connectivity index is 1.51. The summed E-state index contributed by atoms with van der Waals surface area (Å²) in [5.41, 5.74) is 2.28. The molecule has 24 heavy (non-hydrogen) atoms. The van der Waals surface area contributed by atoms with Crippen LogP contribution in [0.5, 0.6) is 0 Å². The molecule has 0 unspecified atom stereocenters. The first-order valence-electron chi connectivity index (χ1n) is 8.05. The second-order valence-electron chi connectivity index (χ2n) is 5.81. The summed E-state index contributed by atoms with van der Waals surface area (Å²) in [7, 11) is 0. The Kier molecular flexibility index (Phi) is 5.77. The largest absolute Gasteiger partial charge is 0.337 e. The number of aromatic nitrogens is 1. The van der Waals surface area contributed by atoms with Crippen molar-refractivity contribution >= 4 is 27.9 Å². The van der Waals surface area contributed by atoms with Gasteiger partial charge in [0.25, 0.3) is 0 Å². The molecule has 0 spiro atoms. The molecule has 0 N–H and O–H groups in total. The third kappa shape index (κ3) is 4.52. The van der Waals surface area contributed by atoms with Crippen molar-refractivity contribution in [2.75, 3.05) is 26.2 Å². The maximum absolute atomic E-state index is 12.3. The van der Waals surface area contributed by atoms with Crippen LogP contribution in [0.3, 0.4) is 0 Å². The fourth-order valence-corrected chi connectivity index (χ4v) is 3.17. The lowest BCUT2D eigenvalue weighted by Crippen LogP contribution is -2.47. The Morgan fingerprint density at radius 1 is 1.08 bits per heavy atom. The highest BCUT2D eigenvalue weighted by Crippen LogP contribution is 2.17. The van der Waals surface area contributed by atoms with Crippen LogP contribution < -0.4 is 0 Å². The number of nitrogens with zero attached hydrogens (tertiary/aromatic N) is 3. The normalized spacial score (nSPS) is 15.8. The molecule has 0 saturated carbocycles. The van der Waals surface area contributed by atoms with Gasteiger partial charge < -0.3 is 4.90 Å². The lowest BCUT2D eigenvalue weighted by Gasteiger charge is -2.34. The summed E-state index contributed by atoms with van der Waals surface area (Å²) in [5.74, 6) is 0.0781. The molecule has 1 aromatic heterocycles. The van der Waals surface area contributed by atoms with Crippen LogP contribution in [0, 0.1) is 0 Å². The highest BCUT2D eigenvalue weighted by Gasteiger charge is 2.19. The molecule has 0 bridgehead atoms. The van der Waals surface area contributed by atoms with Gasteiger partial charge in [-0.2, -0.15) is 0 Å². The van der Waals surface area contributed by atoms with E-state index in [2.05, 4.69) is 25.8 Å². The van der Waals surface area contributed by atoms with E-state index < -0.39 is 0 Å². The standard InChI is InChI=1S/C19H20BrN3O/c20-18-4-2-1-3-17(18)5-6-19(24)23-13-11-22(12-14-23)15-16-7-9-21-10-8-16/h1-10H,11-15H2/b6-5+. The zero-order valence-corrected chi connectivity index (χ0v) is 15.0. The van der Waals surface area contributed by atoms with Gasteiger partial charge in [0.1, 0.15) is 0 Å². The van der Waals surface area contributed by atoms with Gasteiger partial charge in [-0.3, -0.25) is 14.7 Å². The Bertz CT molecular complexity index is 710. The fourth-order valence-electron chi connectivity index (χ4n) is 2.75. The van der Waals surface area contributed by atoms with Crippen molar-refractivity contribution in [2.24, 2.45) is 0 Å². The second-order valence-corrected chi connectivity index (χ2v) is 6.67. The monoisotopic (exact) mass is 385 g/mol. The lowest BCUT2D eigenvalue weighted by atomic mass is 10.2. The number of benzene rings is 1. The van der Waals surface area contributed by atoms with E-state index in [9.17, 15) is 4.79 Å². The molecule has 2 heterocycles. The Labute approximate surface area is 150 Å². The van der Waals surface area contributed by atoms with Crippen LogP contribution in [0.2, 0.25) is 0 Å². The second kappa shape index (κ2) is 8.22. The van der Waals surface area contributed by atoms with Gasteiger partial charge in [0.05, 0.1) is 0 Å². The predicted molar refractivity (Wildman–Crippen MR) is 99.3 cm³/mol. The van der Waals surface area contributed by atoms with E-state index in [0.29, 0.717) is 0 Å². The van der Waals surface area contributed by atoms with Gasteiger partial charge in [-0.1, -0.05) is 34.1 Å². The summed E-state index contributed by atoms with van der Waals surface area (Å²) in [4.78, 5) is 20.7. The van der Waals surface area contributed by atoms with Crippen molar-refractivity contribution in [2.45, 2.75) is 6.54 Å². The molecule has 0 radical (unpaired) electrons. The molecule has 4 nitrogen and oxygen atoms in total. The van der Waals surface area contributed by atoms with E-state index in [0.717, 1.165) is 42.8 Å². The van der Waals surface area contributed by atoms with Gasteiger partial charge in [-0.05, 0) is 35.4 Å². The summed E-state index contributed by atoms with van der Waals surface area (Å²) in [6.45, 7) is 4.25. The van der Waals surface area contributed by atoms with Crippen LogP contribution in [0.4, 0.5) is 0 Å². The first kappa shape index (κ1) is 16.9. The predicted octanol–water partition coefficient (Wildman–Crippen LogP) is 3.20. The number of pyridine rings is 1. The minimum absolute atomic E-state index is 0.0781. The lowest BCUT2D eigenvalue weighted by molar-refractivity contribution is -0.127. The smallest absolute Gasteiger partial charge is 0.246 e. The average Bonchev–Trinajstić information content (AvgIpc) is 2.62. The van der Waals surface area contributed by atoms with Gasteiger partial charge in [0.15, 0.2) is 0 Å². The molecular formula is C19H20BrN3O. The molecule has 1 aliphatic heterocycles. The molecule has 1 aromatic carbocycles. The molecule has 5 heteroatoms. The van der Waals surface area contributed by atoms with Crippen molar-refractivity contribution in [3.8, 4) is 0 Å². The number of piperazine rings is 1. The fraction of sp³-hybridized carbons (Fsp3) is 0.263. The van der Waals surface area contributed by atoms with Crippen LogP contribution in [-0.2, 0) is 11.3 Å². The minimum atomic E-state index is 0.0781. The van der Waals surface area contributed by atoms with Crippen LogP contribution in [0.15, 0.2) is 59.3 Å². The van der Waals surface area contributed by atoms with Crippen molar-refractivity contribution < 1.29 is 4.79 Å². The SMILES string of the molecule is O=C(/C=C/c1ccccc1Br)N1CCN(Cc2ccncc2)CC1. The third-order valence-corrected chi connectivity index (χ3v) is 4.87. The quantitative estimate of drug-likeness (QED) is 0.758. The first-order valence-corrected chi connectivity index (χ1v) is 8.84. The molecule has 1 amide bonds. The van der Waals surface area contributed by atoms with Gasteiger partial charge in [-0.15, -0.1) is 0 Å². The van der Waals surface area contributed by atoms with Crippen molar-refractivity contribution in [1.82, 2.24) is 14.8 Å². The molecule has 1 fully saturated rings. The van der Waals surface area contributed by atoms with Gasteiger partial charge in [-0.25, -0.2) is 0 Å². The van der Waals surface area contributed by atoms with E-state index >= 15 is 0 Å². The first-order chi connectivity index (χ1) is 11.7. The molecule has 1 aliphatic rings. The van der Waals surface area contributed by atoms with Crippen LogP contribution in [-0.4, -0.2) is 46.9 Å². The van der Waals surface area contributed by atoms with Crippen LogP contribution in [0.25, 0.3) is 6.08 Å².